The molecule has 2 aromatic carbocycles. The first-order chi connectivity index (χ1) is 18.1. The summed E-state index contributed by atoms with van der Waals surface area (Å²) in [6, 6.07) is 21.2. The standard InChI is InChI=1S/C31H35N3O2S/c1-23-16-20-37-30(23)31(35)34-18-4-3-8-26(34)15-19-36-27-13-11-24(12-14-27)21-33(2)22-25-7-5-10-29-28(25)9-6-17-32-29/h5-7,9-14,16-17,20,26H,3-4,8,15,18-19,21-22H2,1-2H3. The molecule has 37 heavy (non-hydrogen) atoms. The van der Waals surface area contributed by atoms with Gasteiger partial charge < -0.3 is 9.64 Å². The minimum absolute atomic E-state index is 0.186. The van der Waals surface area contributed by atoms with Gasteiger partial charge in [0.25, 0.3) is 5.91 Å². The molecule has 0 saturated carbocycles. The molecular weight excluding hydrogens is 478 g/mol. The highest BCUT2D eigenvalue weighted by atomic mass is 32.1. The normalized spacial score (nSPS) is 15.9. The van der Waals surface area contributed by atoms with Gasteiger partial charge in [-0.05, 0) is 85.6 Å². The first kappa shape index (κ1) is 25.4. The van der Waals surface area contributed by atoms with E-state index in [1.807, 2.05) is 30.6 Å². The maximum atomic E-state index is 13.1. The number of pyridine rings is 1. The number of benzene rings is 2. The van der Waals surface area contributed by atoms with Crippen molar-refractivity contribution < 1.29 is 9.53 Å². The van der Waals surface area contributed by atoms with Crippen LogP contribution in [-0.4, -0.2) is 46.9 Å². The van der Waals surface area contributed by atoms with Crippen molar-refractivity contribution in [2.45, 2.75) is 51.7 Å². The molecule has 4 aromatic rings. The summed E-state index contributed by atoms with van der Waals surface area (Å²) >= 11 is 1.55. The molecule has 0 spiro atoms. The summed E-state index contributed by atoms with van der Waals surface area (Å²) in [5.74, 6) is 1.07. The van der Waals surface area contributed by atoms with Crippen LogP contribution in [0, 0.1) is 6.92 Å². The number of amides is 1. The van der Waals surface area contributed by atoms with Gasteiger partial charge >= 0.3 is 0 Å². The number of piperidine rings is 1. The van der Waals surface area contributed by atoms with E-state index < -0.39 is 0 Å². The molecule has 5 rings (SSSR count). The second-order valence-electron chi connectivity index (χ2n) is 10.0. The monoisotopic (exact) mass is 513 g/mol. The molecule has 6 heteroatoms. The molecule has 1 atom stereocenters. The van der Waals surface area contributed by atoms with E-state index >= 15 is 0 Å². The van der Waals surface area contributed by atoms with Gasteiger partial charge in [-0.15, -0.1) is 11.3 Å². The van der Waals surface area contributed by atoms with Crippen LogP contribution in [0.5, 0.6) is 5.75 Å². The van der Waals surface area contributed by atoms with Crippen LogP contribution in [0.1, 0.15) is 52.0 Å². The Kier molecular flexibility index (Phi) is 8.17. The molecule has 1 unspecified atom stereocenters. The van der Waals surface area contributed by atoms with Crippen molar-refractivity contribution in [3.8, 4) is 5.75 Å². The third-order valence-corrected chi connectivity index (χ3v) is 8.22. The second kappa shape index (κ2) is 11.9. The fourth-order valence-corrected chi connectivity index (χ4v) is 6.14. The third kappa shape index (κ3) is 6.20. The molecule has 192 valence electrons. The number of aromatic nitrogens is 1. The predicted octanol–water partition coefficient (Wildman–Crippen LogP) is 6.70. The summed E-state index contributed by atoms with van der Waals surface area (Å²) in [6.45, 7) is 5.21. The van der Waals surface area contributed by atoms with Crippen LogP contribution < -0.4 is 4.74 Å². The number of nitrogens with zero attached hydrogens (tertiary/aromatic N) is 3. The van der Waals surface area contributed by atoms with Gasteiger partial charge in [0.2, 0.25) is 0 Å². The van der Waals surface area contributed by atoms with E-state index in [2.05, 4.69) is 70.4 Å². The molecule has 0 aliphatic carbocycles. The fourth-order valence-electron chi connectivity index (χ4n) is 5.26. The number of carbonyl (C=O) groups is 1. The van der Waals surface area contributed by atoms with E-state index in [0.717, 1.165) is 60.6 Å². The van der Waals surface area contributed by atoms with Crippen LogP contribution >= 0.6 is 11.3 Å². The Hall–Kier alpha value is -3.22. The molecule has 5 nitrogen and oxygen atoms in total. The Morgan fingerprint density at radius 3 is 2.76 bits per heavy atom. The summed E-state index contributed by atoms with van der Waals surface area (Å²) in [5, 5.41) is 3.22. The van der Waals surface area contributed by atoms with E-state index in [4.69, 9.17) is 4.74 Å². The summed E-state index contributed by atoms with van der Waals surface area (Å²) in [4.78, 5) is 22.9. The number of thiophene rings is 1. The Morgan fingerprint density at radius 1 is 1.08 bits per heavy atom. The summed E-state index contributed by atoms with van der Waals surface area (Å²) < 4.78 is 6.10. The Labute approximate surface area is 223 Å². The lowest BCUT2D eigenvalue weighted by atomic mass is 9.99. The largest absolute Gasteiger partial charge is 0.494 e. The van der Waals surface area contributed by atoms with E-state index in [0.29, 0.717) is 6.61 Å². The fraction of sp³-hybridized carbons (Fsp3) is 0.355. The van der Waals surface area contributed by atoms with Gasteiger partial charge in [0.15, 0.2) is 0 Å². The molecule has 1 fully saturated rings. The molecule has 1 aliphatic rings. The van der Waals surface area contributed by atoms with Gasteiger partial charge in [0.05, 0.1) is 17.0 Å². The molecule has 0 bridgehead atoms. The molecule has 2 aromatic heterocycles. The van der Waals surface area contributed by atoms with Crippen LogP contribution in [0.4, 0.5) is 0 Å². The van der Waals surface area contributed by atoms with E-state index in [9.17, 15) is 4.79 Å². The molecule has 1 saturated heterocycles. The Bertz CT molecular complexity index is 1330. The average molecular weight is 514 g/mol. The molecule has 0 N–H and O–H groups in total. The lowest BCUT2D eigenvalue weighted by Gasteiger charge is -2.35. The number of carbonyl (C=O) groups excluding carboxylic acids is 1. The first-order valence-corrected chi connectivity index (χ1v) is 14.0. The van der Waals surface area contributed by atoms with Crippen LogP contribution in [0.3, 0.4) is 0 Å². The zero-order valence-electron chi connectivity index (χ0n) is 21.7. The van der Waals surface area contributed by atoms with Gasteiger partial charge in [-0.2, -0.15) is 0 Å². The van der Waals surface area contributed by atoms with Crippen molar-refractivity contribution in [3.63, 3.8) is 0 Å². The average Bonchev–Trinajstić information content (AvgIpc) is 3.35. The van der Waals surface area contributed by atoms with Crippen molar-refractivity contribution >= 4 is 28.1 Å². The van der Waals surface area contributed by atoms with Gasteiger partial charge in [-0.25, -0.2) is 0 Å². The number of fused-ring (bicyclic) bond motifs is 1. The zero-order chi connectivity index (χ0) is 25.6. The second-order valence-corrected chi connectivity index (χ2v) is 10.9. The smallest absolute Gasteiger partial charge is 0.264 e. The Balaban J connectivity index is 1.12. The van der Waals surface area contributed by atoms with Crippen LogP contribution in [0.2, 0.25) is 0 Å². The van der Waals surface area contributed by atoms with E-state index in [1.54, 1.807) is 11.3 Å². The van der Waals surface area contributed by atoms with Crippen molar-refractivity contribution in [3.05, 3.63) is 93.8 Å². The lowest BCUT2D eigenvalue weighted by molar-refractivity contribution is 0.0585. The molecular formula is C31H35N3O2S. The maximum Gasteiger partial charge on any atom is 0.264 e. The van der Waals surface area contributed by atoms with Crippen LogP contribution in [0.15, 0.2) is 72.2 Å². The quantitative estimate of drug-likeness (QED) is 0.250. The van der Waals surface area contributed by atoms with Crippen molar-refractivity contribution in [2.75, 3.05) is 20.2 Å². The predicted molar refractivity (Wildman–Crippen MR) is 151 cm³/mol. The number of rotatable bonds is 9. The van der Waals surface area contributed by atoms with E-state index in [1.165, 1.54) is 22.9 Å². The van der Waals surface area contributed by atoms with Gasteiger partial charge in [0, 0.05) is 43.7 Å². The van der Waals surface area contributed by atoms with Gasteiger partial charge in [-0.1, -0.05) is 30.3 Å². The topological polar surface area (TPSA) is 45.7 Å². The third-order valence-electron chi connectivity index (χ3n) is 7.22. The number of likely N-dealkylation sites (tertiary alicyclic amines) is 1. The number of ether oxygens (including phenoxy) is 1. The number of aryl methyl sites for hydroxylation is 1. The van der Waals surface area contributed by atoms with Crippen LogP contribution in [-0.2, 0) is 13.1 Å². The maximum absolute atomic E-state index is 13.1. The molecule has 3 heterocycles. The van der Waals surface area contributed by atoms with Crippen molar-refractivity contribution in [1.82, 2.24) is 14.8 Å². The Morgan fingerprint density at radius 2 is 1.95 bits per heavy atom. The van der Waals surface area contributed by atoms with Crippen LogP contribution in [0.25, 0.3) is 10.9 Å². The number of hydrogen-bond donors (Lipinski definition) is 0. The summed E-state index contributed by atoms with van der Waals surface area (Å²) in [7, 11) is 2.15. The van der Waals surface area contributed by atoms with Gasteiger partial charge in [0.1, 0.15) is 5.75 Å². The molecule has 1 aliphatic heterocycles. The molecule has 0 radical (unpaired) electrons. The highest BCUT2D eigenvalue weighted by Crippen LogP contribution is 2.26. The van der Waals surface area contributed by atoms with Crippen molar-refractivity contribution in [2.24, 2.45) is 0 Å². The summed E-state index contributed by atoms with van der Waals surface area (Å²) in [5.41, 5.74) is 4.66. The van der Waals surface area contributed by atoms with Crippen molar-refractivity contribution in [1.29, 1.82) is 0 Å². The van der Waals surface area contributed by atoms with E-state index in [-0.39, 0.29) is 11.9 Å². The first-order valence-electron chi connectivity index (χ1n) is 13.2. The summed E-state index contributed by atoms with van der Waals surface area (Å²) in [6.07, 6.45) is 6.02. The minimum Gasteiger partial charge on any atom is -0.494 e. The van der Waals surface area contributed by atoms with Gasteiger partial charge in [-0.3, -0.25) is 14.7 Å². The molecule has 1 amide bonds. The highest BCUT2D eigenvalue weighted by Gasteiger charge is 2.28. The zero-order valence-corrected chi connectivity index (χ0v) is 22.5. The minimum atomic E-state index is 0.186. The number of hydrogen-bond acceptors (Lipinski definition) is 5. The lowest BCUT2D eigenvalue weighted by Crippen LogP contribution is -2.44. The SMILES string of the molecule is Cc1ccsc1C(=O)N1CCCCC1CCOc1ccc(CN(C)Cc2cccc3ncccc23)cc1. The highest BCUT2D eigenvalue weighted by molar-refractivity contribution is 7.12.